The molecule has 1 amide bonds. The second-order valence-electron chi connectivity index (χ2n) is 7.26. The Morgan fingerprint density at radius 3 is 2.72 bits per heavy atom. The molecule has 0 unspecified atom stereocenters. The van der Waals surface area contributed by atoms with Gasteiger partial charge in [-0.3, -0.25) is 4.79 Å². The van der Waals surface area contributed by atoms with Crippen LogP contribution in [0, 0.1) is 0 Å². The molecule has 1 aromatic carbocycles. The highest BCUT2D eigenvalue weighted by molar-refractivity contribution is 14.0. The van der Waals surface area contributed by atoms with Crippen LogP contribution in [-0.4, -0.2) is 41.6 Å². The molecule has 0 bridgehead atoms. The quantitative estimate of drug-likeness (QED) is 0.354. The van der Waals surface area contributed by atoms with Crippen LogP contribution in [0.1, 0.15) is 49.3 Å². The average molecular weight is 511 g/mol. The maximum Gasteiger partial charge on any atom is 0.244 e. The number of amides is 1. The summed E-state index contributed by atoms with van der Waals surface area (Å²) in [5.74, 6) is 1.70. The predicted molar refractivity (Wildman–Crippen MR) is 124 cm³/mol. The van der Waals surface area contributed by atoms with Crippen molar-refractivity contribution < 1.29 is 9.32 Å². The summed E-state index contributed by atoms with van der Waals surface area (Å²) in [6, 6.07) is 10.2. The van der Waals surface area contributed by atoms with Crippen molar-refractivity contribution in [2.24, 2.45) is 4.99 Å². The lowest BCUT2D eigenvalue weighted by Gasteiger charge is -2.28. The van der Waals surface area contributed by atoms with Gasteiger partial charge in [0.25, 0.3) is 0 Å². The van der Waals surface area contributed by atoms with E-state index in [9.17, 15) is 4.79 Å². The van der Waals surface area contributed by atoms with E-state index in [1.165, 1.54) is 11.1 Å². The van der Waals surface area contributed by atoms with Gasteiger partial charge < -0.3 is 20.1 Å². The average Bonchev–Trinajstić information content (AvgIpc) is 3.19. The summed E-state index contributed by atoms with van der Waals surface area (Å²) in [6.07, 6.45) is 0.896. The standard InChI is InChI=1S/C21H29N5O2.HI/c1-4-22-21(23-12-18-11-19(15(2)3)25-28-18)24-13-20(27)26-10-9-16-7-5-6-8-17(16)14-26;/h5-8,11,15H,4,9-10,12-14H2,1-3H3,(H2,22,23,24);1H. The fourth-order valence-electron chi connectivity index (χ4n) is 3.15. The van der Waals surface area contributed by atoms with E-state index in [-0.39, 0.29) is 36.4 Å². The number of halogens is 1. The first-order chi connectivity index (χ1) is 13.6. The van der Waals surface area contributed by atoms with Crippen LogP contribution < -0.4 is 10.6 Å². The topological polar surface area (TPSA) is 82.8 Å². The fraction of sp³-hybridized carbons (Fsp3) is 0.476. The van der Waals surface area contributed by atoms with Crippen LogP contribution in [-0.2, 0) is 24.3 Å². The molecule has 158 valence electrons. The lowest BCUT2D eigenvalue weighted by atomic mass is 10.00. The molecule has 2 aromatic rings. The molecule has 0 radical (unpaired) electrons. The van der Waals surface area contributed by atoms with Crippen LogP contribution in [0.2, 0.25) is 0 Å². The first kappa shape index (κ1) is 23.2. The minimum Gasteiger partial charge on any atom is -0.359 e. The van der Waals surface area contributed by atoms with Crippen molar-refractivity contribution in [1.82, 2.24) is 20.7 Å². The number of nitrogens with one attached hydrogen (secondary N) is 2. The molecule has 3 rings (SSSR count). The number of fused-ring (bicyclic) bond motifs is 1. The minimum atomic E-state index is 0. The Morgan fingerprint density at radius 1 is 1.28 bits per heavy atom. The van der Waals surface area contributed by atoms with Gasteiger partial charge in [0.1, 0.15) is 6.54 Å². The number of aliphatic imine (C=N–C) groups is 1. The Bertz CT molecular complexity index is 834. The predicted octanol–water partition coefficient (Wildman–Crippen LogP) is 3.06. The Kier molecular flexibility index (Phi) is 8.94. The number of hydrogen-bond acceptors (Lipinski definition) is 4. The molecule has 2 heterocycles. The molecule has 0 aliphatic carbocycles. The molecule has 0 saturated heterocycles. The summed E-state index contributed by atoms with van der Waals surface area (Å²) < 4.78 is 5.34. The number of guanidine groups is 1. The number of carbonyl (C=O) groups is 1. The Hall–Kier alpha value is -2.10. The second-order valence-corrected chi connectivity index (χ2v) is 7.26. The first-order valence-electron chi connectivity index (χ1n) is 9.89. The summed E-state index contributed by atoms with van der Waals surface area (Å²) in [6.45, 7) is 8.84. The van der Waals surface area contributed by atoms with Gasteiger partial charge in [-0.25, -0.2) is 4.99 Å². The Morgan fingerprint density at radius 2 is 2.03 bits per heavy atom. The summed E-state index contributed by atoms with van der Waals surface area (Å²) in [7, 11) is 0. The summed E-state index contributed by atoms with van der Waals surface area (Å²) in [5.41, 5.74) is 3.49. The van der Waals surface area contributed by atoms with Crippen molar-refractivity contribution in [3.8, 4) is 0 Å². The van der Waals surface area contributed by atoms with Crippen molar-refractivity contribution in [1.29, 1.82) is 0 Å². The molecule has 7 nitrogen and oxygen atoms in total. The number of nitrogens with zero attached hydrogens (tertiary/aromatic N) is 3. The number of aromatic nitrogens is 1. The first-order valence-corrected chi connectivity index (χ1v) is 9.89. The minimum absolute atomic E-state index is 0. The highest BCUT2D eigenvalue weighted by Gasteiger charge is 2.20. The normalized spacial score (nSPS) is 13.7. The molecule has 29 heavy (non-hydrogen) atoms. The van der Waals surface area contributed by atoms with Crippen molar-refractivity contribution in [3.63, 3.8) is 0 Å². The molecule has 2 N–H and O–H groups in total. The molecule has 1 aliphatic rings. The third-order valence-electron chi connectivity index (χ3n) is 4.80. The van der Waals surface area contributed by atoms with E-state index in [1.54, 1.807) is 0 Å². The third kappa shape index (κ3) is 6.45. The lowest BCUT2D eigenvalue weighted by Crippen LogP contribution is -2.40. The van der Waals surface area contributed by atoms with Crippen LogP contribution in [0.4, 0.5) is 0 Å². The maximum absolute atomic E-state index is 12.6. The van der Waals surface area contributed by atoms with Crippen LogP contribution >= 0.6 is 24.0 Å². The smallest absolute Gasteiger partial charge is 0.244 e. The van der Waals surface area contributed by atoms with Gasteiger partial charge >= 0.3 is 0 Å². The van der Waals surface area contributed by atoms with E-state index in [1.807, 2.05) is 30.0 Å². The van der Waals surface area contributed by atoms with Gasteiger partial charge in [0.05, 0.1) is 12.2 Å². The van der Waals surface area contributed by atoms with Crippen molar-refractivity contribution in [2.75, 3.05) is 19.6 Å². The number of carbonyl (C=O) groups excluding carboxylic acids is 1. The van der Waals surface area contributed by atoms with Crippen LogP contribution in [0.25, 0.3) is 0 Å². The van der Waals surface area contributed by atoms with Gasteiger partial charge in [-0.2, -0.15) is 0 Å². The fourth-order valence-corrected chi connectivity index (χ4v) is 3.15. The van der Waals surface area contributed by atoms with E-state index in [4.69, 9.17) is 4.52 Å². The molecule has 0 spiro atoms. The number of rotatable bonds is 6. The molecule has 0 fully saturated rings. The monoisotopic (exact) mass is 511 g/mol. The Labute approximate surface area is 189 Å². The summed E-state index contributed by atoms with van der Waals surface area (Å²) in [4.78, 5) is 18.9. The van der Waals surface area contributed by atoms with Crippen molar-refractivity contribution in [2.45, 2.75) is 46.2 Å². The zero-order valence-electron chi connectivity index (χ0n) is 17.3. The largest absolute Gasteiger partial charge is 0.359 e. The molecule has 1 aromatic heterocycles. The highest BCUT2D eigenvalue weighted by atomic mass is 127. The zero-order chi connectivity index (χ0) is 19.9. The second kappa shape index (κ2) is 11.2. The molecular weight excluding hydrogens is 481 g/mol. The van der Waals surface area contributed by atoms with Crippen LogP contribution in [0.5, 0.6) is 0 Å². The number of benzene rings is 1. The van der Waals surface area contributed by atoms with Crippen LogP contribution in [0.3, 0.4) is 0 Å². The van der Waals surface area contributed by atoms with E-state index in [0.717, 1.165) is 24.4 Å². The van der Waals surface area contributed by atoms with Gasteiger partial charge in [0.2, 0.25) is 5.91 Å². The van der Waals surface area contributed by atoms with Gasteiger partial charge in [-0.05, 0) is 30.4 Å². The summed E-state index contributed by atoms with van der Waals surface area (Å²) in [5, 5.41) is 10.4. The molecule has 1 aliphatic heterocycles. The Balaban J connectivity index is 0.00000300. The number of hydrogen-bond donors (Lipinski definition) is 2. The third-order valence-corrected chi connectivity index (χ3v) is 4.80. The van der Waals surface area contributed by atoms with Gasteiger partial charge in [0, 0.05) is 25.7 Å². The molecule has 0 saturated carbocycles. The van der Waals surface area contributed by atoms with Gasteiger partial charge in [-0.1, -0.05) is 43.3 Å². The van der Waals surface area contributed by atoms with E-state index >= 15 is 0 Å². The molecule has 8 heteroatoms. The van der Waals surface area contributed by atoms with E-state index in [0.29, 0.717) is 31.5 Å². The van der Waals surface area contributed by atoms with E-state index < -0.39 is 0 Å². The molecular formula is C21H30IN5O2. The van der Waals surface area contributed by atoms with Gasteiger partial charge in [0.15, 0.2) is 11.7 Å². The molecule has 0 atom stereocenters. The summed E-state index contributed by atoms with van der Waals surface area (Å²) >= 11 is 0. The van der Waals surface area contributed by atoms with Crippen molar-refractivity contribution in [3.05, 3.63) is 52.9 Å². The van der Waals surface area contributed by atoms with Crippen molar-refractivity contribution >= 4 is 35.8 Å². The van der Waals surface area contributed by atoms with E-state index in [2.05, 4.69) is 46.8 Å². The highest BCUT2D eigenvalue weighted by Crippen LogP contribution is 2.18. The van der Waals surface area contributed by atoms with Gasteiger partial charge in [-0.15, -0.1) is 24.0 Å². The SMILES string of the molecule is CCNC(=NCC(=O)N1CCc2ccccc2C1)NCc1cc(C(C)C)no1.I. The zero-order valence-corrected chi connectivity index (χ0v) is 19.6. The lowest BCUT2D eigenvalue weighted by molar-refractivity contribution is -0.130. The van der Waals surface area contributed by atoms with Crippen LogP contribution in [0.15, 0.2) is 39.8 Å². The maximum atomic E-state index is 12.6.